The van der Waals surface area contributed by atoms with Crippen LogP contribution in [0.15, 0.2) is 0 Å². The Balaban J connectivity index is 0. The number of hydrogen-bond acceptors (Lipinski definition) is 1. The molecule has 0 aromatic rings. The zero-order chi connectivity index (χ0) is 4.99. The molecule has 0 spiro atoms. The van der Waals surface area contributed by atoms with Crippen LogP contribution in [-0.2, 0) is 0 Å². The minimum Gasteiger partial charge on any atom is -0.309 e. The molecular weight excluding hydrogens is 86.1 g/mol. The van der Waals surface area contributed by atoms with Gasteiger partial charge in [-0.1, -0.05) is 14.4 Å². The third-order valence-electron chi connectivity index (χ3n) is 0.671. The van der Waals surface area contributed by atoms with Crippen LogP contribution >= 0.6 is 0 Å². The van der Waals surface area contributed by atoms with Crippen LogP contribution in [0.5, 0.6) is 0 Å². The first-order chi connectivity index (χ1) is 2.77. The number of rotatable bonds is 2. The molecule has 0 fully saturated rings. The molecule has 0 radical (unpaired) electrons. The number of hydrogen-bond donors (Lipinski definition) is 0. The van der Waals surface area contributed by atoms with E-state index < -0.39 is 0 Å². The molecule has 0 aliphatic carbocycles. The Morgan fingerprint density at radius 1 is 1.29 bits per heavy atom. The van der Waals surface area contributed by atoms with E-state index in [0.29, 0.717) is 0 Å². The monoisotopic (exact) mass is 103 g/mol. The van der Waals surface area contributed by atoms with Crippen molar-refractivity contribution in [3.05, 3.63) is 0 Å². The van der Waals surface area contributed by atoms with E-state index in [2.05, 4.69) is 25.9 Å². The fourth-order valence-corrected chi connectivity index (χ4v) is 0.447. The van der Waals surface area contributed by atoms with Crippen molar-refractivity contribution < 1.29 is 0 Å². The highest BCUT2D eigenvalue weighted by Crippen LogP contribution is 1.76. The van der Waals surface area contributed by atoms with Gasteiger partial charge in [0.2, 0.25) is 0 Å². The fraction of sp³-hybridized carbons (Fsp3) is 1.00. The minimum absolute atomic E-state index is 0. The van der Waals surface area contributed by atoms with Crippen molar-refractivity contribution in [3.63, 3.8) is 0 Å². The maximum absolute atomic E-state index is 2.18. The average molecular weight is 103 g/mol. The summed E-state index contributed by atoms with van der Waals surface area (Å²) in [6.45, 7) is 3.39. The normalized spacial score (nSPS) is 8.57. The van der Waals surface area contributed by atoms with Gasteiger partial charge in [-0.2, -0.15) is 0 Å². The summed E-state index contributed by atoms with van der Waals surface area (Å²) in [7, 11) is 4.17. The molecule has 0 heterocycles. The topological polar surface area (TPSA) is 3.24 Å². The Hall–Kier alpha value is -0.0400. The molecule has 0 saturated heterocycles. The standard InChI is InChI=1S/C5H13N.CH4/c1-4-5-6(2)3;/h4-5H2,1-3H3;1H4. The van der Waals surface area contributed by atoms with Crippen molar-refractivity contribution in [1.29, 1.82) is 0 Å². The Bertz CT molecular complexity index is 25.4. The molecule has 0 saturated carbocycles. The lowest BCUT2D eigenvalue weighted by atomic mass is 10.5. The summed E-state index contributed by atoms with van der Waals surface area (Å²) < 4.78 is 0. The molecule has 46 valence electrons. The third kappa shape index (κ3) is 10.7. The van der Waals surface area contributed by atoms with Gasteiger partial charge in [-0.25, -0.2) is 0 Å². The van der Waals surface area contributed by atoms with Gasteiger partial charge in [-0.05, 0) is 27.1 Å². The van der Waals surface area contributed by atoms with Gasteiger partial charge in [0.25, 0.3) is 0 Å². The third-order valence-corrected chi connectivity index (χ3v) is 0.671. The van der Waals surface area contributed by atoms with Gasteiger partial charge in [-0.15, -0.1) is 0 Å². The van der Waals surface area contributed by atoms with Crippen molar-refractivity contribution in [2.45, 2.75) is 20.8 Å². The first-order valence-corrected chi connectivity index (χ1v) is 2.42. The SMILES string of the molecule is C.CCCN(C)C. The summed E-state index contributed by atoms with van der Waals surface area (Å²) in [5, 5.41) is 0. The van der Waals surface area contributed by atoms with Crippen LogP contribution in [0.25, 0.3) is 0 Å². The van der Waals surface area contributed by atoms with E-state index in [9.17, 15) is 0 Å². The molecule has 0 atom stereocenters. The van der Waals surface area contributed by atoms with Crippen molar-refractivity contribution >= 4 is 0 Å². The maximum atomic E-state index is 2.18. The van der Waals surface area contributed by atoms with E-state index in [0.717, 1.165) is 0 Å². The van der Waals surface area contributed by atoms with Crippen molar-refractivity contribution in [3.8, 4) is 0 Å². The first kappa shape index (κ1) is 10.0. The van der Waals surface area contributed by atoms with Crippen LogP contribution < -0.4 is 0 Å². The molecule has 7 heavy (non-hydrogen) atoms. The van der Waals surface area contributed by atoms with Crippen LogP contribution in [0.4, 0.5) is 0 Å². The molecule has 0 aliphatic heterocycles. The van der Waals surface area contributed by atoms with Crippen LogP contribution in [0, 0.1) is 0 Å². The largest absolute Gasteiger partial charge is 0.309 e. The van der Waals surface area contributed by atoms with Gasteiger partial charge in [0.1, 0.15) is 0 Å². The van der Waals surface area contributed by atoms with E-state index in [1.54, 1.807) is 0 Å². The van der Waals surface area contributed by atoms with Gasteiger partial charge >= 0.3 is 0 Å². The Labute approximate surface area is 47.3 Å². The highest BCUT2D eigenvalue weighted by molar-refractivity contribution is 4.34. The van der Waals surface area contributed by atoms with Crippen molar-refractivity contribution in [2.75, 3.05) is 20.6 Å². The maximum Gasteiger partial charge on any atom is -0.00275 e. The Morgan fingerprint density at radius 3 is 1.71 bits per heavy atom. The molecule has 0 N–H and O–H groups in total. The summed E-state index contributed by atoms with van der Waals surface area (Å²) >= 11 is 0. The molecule has 1 heteroatoms. The molecule has 0 unspecified atom stereocenters. The summed E-state index contributed by atoms with van der Waals surface area (Å²) in [5.41, 5.74) is 0. The molecule has 0 aliphatic rings. The summed E-state index contributed by atoms with van der Waals surface area (Å²) in [6, 6.07) is 0. The van der Waals surface area contributed by atoms with Crippen LogP contribution in [0.1, 0.15) is 20.8 Å². The minimum atomic E-state index is 0. The Kier molecular flexibility index (Phi) is 8.56. The van der Waals surface area contributed by atoms with Gasteiger partial charge < -0.3 is 4.90 Å². The molecule has 1 nitrogen and oxygen atoms in total. The zero-order valence-electron chi connectivity index (χ0n) is 4.86. The molecule has 0 amide bonds. The van der Waals surface area contributed by atoms with Crippen LogP contribution in [0.2, 0.25) is 0 Å². The lowest BCUT2D eigenvalue weighted by molar-refractivity contribution is 0.408. The zero-order valence-corrected chi connectivity index (χ0v) is 4.86. The van der Waals surface area contributed by atoms with E-state index >= 15 is 0 Å². The quantitative estimate of drug-likeness (QED) is 0.513. The highest BCUT2D eigenvalue weighted by Gasteiger charge is 1.79. The van der Waals surface area contributed by atoms with E-state index in [4.69, 9.17) is 0 Å². The predicted octanol–water partition coefficient (Wildman–Crippen LogP) is 1.59. The average Bonchev–Trinajstić information content (AvgIpc) is 1.35. The molecular formula is C6H17N. The Morgan fingerprint density at radius 2 is 1.71 bits per heavy atom. The smallest absolute Gasteiger partial charge is 0.00275 e. The van der Waals surface area contributed by atoms with Crippen LogP contribution in [-0.4, -0.2) is 25.5 Å². The van der Waals surface area contributed by atoms with Gasteiger partial charge in [0.05, 0.1) is 0 Å². The van der Waals surface area contributed by atoms with E-state index in [-0.39, 0.29) is 7.43 Å². The van der Waals surface area contributed by atoms with E-state index in [1.165, 1.54) is 13.0 Å². The molecule has 0 rings (SSSR count). The molecule has 0 aromatic heterocycles. The lowest BCUT2D eigenvalue weighted by Gasteiger charge is -2.03. The second kappa shape index (κ2) is 5.96. The summed E-state index contributed by atoms with van der Waals surface area (Å²) in [4.78, 5) is 2.18. The number of nitrogens with zero attached hydrogens (tertiary/aromatic N) is 1. The predicted molar refractivity (Wildman–Crippen MR) is 35.6 cm³/mol. The second-order valence-corrected chi connectivity index (χ2v) is 1.80. The molecule has 0 bridgehead atoms. The van der Waals surface area contributed by atoms with Crippen LogP contribution in [0.3, 0.4) is 0 Å². The van der Waals surface area contributed by atoms with Gasteiger partial charge in [-0.3, -0.25) is 0 Å². The van der Waals surface area contributed by atoms with Crippen molar-refractivity contribution in [1.82, 2.24) is 4.90 Å². The first-order valence-electron chi connectivity index (χ1n) is 2.42. The lowest BCUT2D eigenvalue weighted by Crippen LogP contribution is -2.11. The summed E-state index contributed by atoms with van der Waals surface area (Å²) in [5.74, 6) is 0. The van der Waals surface area contributed by atoms with E-state index in [1.807, 2.05) is 0 Å². The highest BCUT2D eigenvalue weighted by atomic mass is 15.0. The second-order valence-electron chi connectivity index (χ2n) is 1.80. The van der Waals surface area contributed by atoms with Gasteiger partial charge in [0.15, 0.2) is 0 Å². The molecule has 0 aromatic carbocycles. The summed E-state index contributed by atoms with van der Waals surface area (Å²) in [6.07, 6.45) is 1.26. The van der Waals surface area contributed by atoms with Gasteiger partial charge in [0, 0.05) is 0 Å². The van der Waals surface area contributed by atoms with Crippen molar-refractivity contribution in [2.24, 2.45) is 0 Å². The fourth-order valence-electron chi connectivity index (χ4n) is 0.447.